The van der Waals surface area contributed by atoms with Gasteiger partial charge < -0.3 is 15.0 Å². The van der Waals surface area contributed by atoms with Crippen molar-refractivity contribution in [1.29, 1.82) is 0 Å². The minimum atomic E-state index is -4.27. The number of ether oxygens (including phenoxy) is 1. The molecule has 1 aromatic heterocycles. The third-order valence-corrected chi connectivity index (χ3v) is 3.14. The molecule has 2 N–H and O–H groups in total. The van der Waals surface area contributed by atoms with E-state index in [9.17, 15) is 13.2 Å². The average Bonchev–Trinajstić information content (AvgIpc) is 2.75. The highest BCUT2D eigenvalue weighted by Crippen LogP contribution is 2.19. The van der Waals surface area contributed by atoms with E-state index in [2.05, 4.69) is 4.74 Å². The Bertz CT molecular complexity index is 590. The van der Waals surface area contributed by atoms with Crippen LogP contribution in [0.15, 0.2) is 30.5 Å². The molecule has 2 aromatic rings. The first-order chi connectivity index (χ1) is 9.85. The summed E-state index contributed by atoms with van der Waals surface area (Å²) in [6.07, 6.45) is -1.65. The van der Waals surface area contributed by atoms with E-state index in [4.69, 9.17) is 5.73 Å². The summed E-state index contributed by atoms with van der Waals surface area (Å²) >= 11 is 0. The van der Waals surface area contributed by atoms with E-state index in [1.165, 1.54) is 0 Å². The van der Waals surface area contributed by atoms with Crippen LogP contribution in [0.2, 0.25) is 0 Å². The summed E-state index contributed by atoms with van der Waals surface area (Å²) < 4.78 is 42.6. The molecule has 0 fully saturated rings. The van der Waals surface area contributed by atoms with E-state index >= 15 is 0 Å². The van der Waals surface area contributed by atoms with Crippen molar-refractivity contribution in [2.75, 3.05) is 13.2 Å². The lowest BCUT2D eigenvalue weighted by atomic mass is 10.1. The molecule has 6 heteroatoms. The zero-order valence-electron chi connectivity index (χ0n) is 11.9. The Morgan fingerprint density at radius 2 is 2.05 bits per heavy atom. The van der Waals surface area contributed by atoms with E-state index in [0.717, 1.165) is 22.9 Å². The van der Waals surface area contributed by atoms with Crippen molar-refractivity contribution in [2.24, 2.45) is 5.73 Å². The number of alkyl halides is 3. The van der Waals surface area contributed by atoms with Crippen LogP contribution < -0.4 is 5.73 Å². The normalized spacial score (nSPS) is 13.8. The number of halogens is 3. The molecule has 0 aliphatic rings. The van der Waals surface area contributed by atoms with Crippen molar-refractivity contribution in [2.45, 2.75) is 32.1 Å². The van der Waals surface area contributed by atoms with Gasteiger partial charge in [-0.3, -0.25) is 0 Å². The van der Waals surface area contributed by atoms with Crippen LogP contribution in [-0.4, -0.2) is 30.0 Å². The highest BCUT2D eigenvalue weighted by atomic mass is 19.4. The fourth-order valence-electron chi connectivity index (χ4n) is 2.27. The quantitative estimate of drug-likeness (QED) is 0.833. The molecular formula is C15H19F3N2O. The van der Waals surface area contributed by atoms with Crippen molar-refractivity contribution >= 4 is 10.9 Å². The number of nitrogens with zero attached hydrogens (tertiary/aromatic N) is 1. The second-order valence-corrected chi connectivity index (χ2v) is 5.25. The predicted molar refractivity (Wildman–Crippen MR) is 76.2 cm³/mol. The van der Waals surface area contributed by atoms with E-state index < -0.39 is 12.8 Å². The largest absolute Gasteiger partial charge is 0.411 e. The molecule has 0 bridgehead atoms. The molecule has 1 atom stereocenters. The van der Waals surface area contributed by atoms with Gasteiger partial charge in [-0.2, -0.15) is 13.2 Å². The van der Waals surface area contributed by atoms with Gasteiger partial charge in [0.2, 0.25) is 0 Å². The summed E-state index contributed by atoms with van der Waals surface area (Å²) in [6.45, 7) is 1.15. The van der Waals surface area contributed by atoms with E-state index in [1.54, 1.807) is 0 Å². The molecule has 0 radical (unpaired) electrons. The van der Waals surface area contributed by atoms with Gasteiger partial charge in [0.1, 0.15) is 6.61 Å². The van der Waals surface area contributed by atoms with Gasteiger partial charge in [0.15, 0.2) is 0 Å². The number of hydrogen-bond donors (Lipinski definition) is 1. The Morgan fingerprint density at radius 1 is 1.29 bits per heavy atom. The molecule has 116 valence electrons. The Hall–Kier alpha value is -1.53. The van der Waals surface area contributed by atoms with Crippen LogP contribution >= 0.6 is 0 Å². The Balaban J connectivity index is 2.02. The van der Waals surface area contributed by atoms with Gasteiger partial charge >= 0.3 is 6.18 Å². The molecule has 21 heavy (non-hydrogen) atoms. The Labute approximate surface area is 121 Å². The van der Waals surface area contributed by atoms with Gasteiger partial charge in [0.05, 0.1) is 6.61 Å². The van der Waals surface area contributed by atoms with Crippen LogP contribution in [0.25, 0.3) is 10.9 Å². The first kappa shape index (κ1) is 15.9. The minimum absolute atomic E-state index is 0.0286. The molecule has 0 spiro atoms. The zero-order valence-corrected chi connectivity index (χ0v) is 11.9. The number of fused-ring (bicyclic) bond motifs is 1. The topological polar surface area (TPSA) is 40.2 Å². The van der Waals surface area contributed by atoms with Gasteiger partial charge in [0, 0.05) is 24.3 Å². The van der Waals surface area contributed by atoms with Crippen molar-refractivity contribution in [3.05, 3.63) is 36.0 Å². The molecule has 1 unspecified atom stereocenters. The van der Waals surface area contributed by atoms with Gasteiger partial charge in [-0.1, -0.05) is 12.1 Å². The van der Waals surface area contributed by atoms with Crippen LogP contribution in [-0.2, 0) is 17.7 Å². The average molecular weight is 300 g/mol. The molecule has 0 aliphatic carbocycles. The summed E-state index contributed by atoms with van der Waals surface area (Å²) in [6, 6.07) is 8.06. The summed E-state index contributed by atoms with van der Waals surface area (Å²) in [4.78, 5) is 0. The maximum absolute atomic E-state index is 12.0. The summed E-state index contributed by atoms with van der Waals surface area (Å²) in [5.74, 6) is 0. The van der Waals surface area contributed by atoms with Gasteiger partial charge in [-0.05, 0) is 36.4 Å². The molecule has 0 saturated heterocycles. The van der Waals surface area contributed by atoms with Crippen LogP contribution in [0.5, 0.6) is 0 Å². The number of aromatic nitrogens is 1. The molecule has 1 aromatic carbocycles. The van der Waals surface area contributed by atoms with Crippen molar-refractivity contribution in [3.63, 3.8) is 0 Å². The molecular weight excluding hydrogens is 281 g/mol. The third-order valence-electron chi connectivity index (χ3n) is 3.14. The fraction of sp³-hybridized carbons (Fsp3) is 0.467. The lowest BCUT2D eigenvalue weighted by molar-refractivity contribution is -0.174. The monoisotopic (exact) mass is 300 g/mol. The Morgan fingerprint density at radius 3 is 2.71 bits per heavy atom. The maximum atomic E-state index is 12.0. The van der Waals surface area contributed by atoms with Gasteiger partial charge in [-0.25, -0.2) is 0 Å². The maximum Gasteiger partial charge on any atom is 0.411 e. The van der Waals surface area contributed by atoms with Gasteiger partial charge in [-0.15, -0.1) is 0 Å². The summed E-state index contributed by atoms with van der Waals surface area (Å²) in [7, 11) is 0. The second kappa shape index (κ2) is 6.49. The van der Waals surface area contributed by atoms with Gasteiger partial charge in [0.25, 0.3) is 0 Å². The van der Waals surface area contributed by atoms with E-state index in [-0.39, 0.29) is 12.6 Å². The molecule has 1 heterocycles. The Kier molecular flexibility index (Phi) is 4.90. The SMILES string of the molecule is CC(N)Cc1ccc2ccn(CCOCC(F)(F)F)c2c1. The molecule has 0 amide bonds. The van der Waals surface area contributed by atoms with Crippen molar-refractivity contribution < 1.29 is 17.9 Å². The van der Waals surface area contributed by atoms with Crippen LogP contribution in [0, 0.1) is 0 Å². The minimum Gasteiger partial charge on any atom is -0.370 e. The number of hydrogen-bond acceptors (Lipinski definition) is 2. The van der Waals surface area contributed by atoms with Crippen molar-refractivity contribution in [3.8, 4) is 0 Å². The number of rotatable bonds is 6. The molecule has 0 saturated carbocycles. The predicted octanol–water partition coefficient (Wildman–Crippen LogP) is 3.11. The first-order valence-corrected chi connectivity index (χ1v) is 6.83. The summed E-state index contributed by atoms with van der Waals surface area (Å²) in [5.41, 5.74) is 7.90. The highest BCUT2D eigenvalue weighted by molar-refractivity contribution is 5.80. The van der Waals surface area contributed by atoms with Crippen LogP contribution in [0.4, 0.5) is 13.2 Å². The first-order valence-electron chi connectivity index (χ1n) is 6.83. The van der Waals surface area contributed by atoms with E-state index in [0.29, 0.717) is 6.54 Å². The fourth-order valence-corrected chi connectivity index (χ4v) is 2.27. The smallest absolute Gasteiger partial charge is 0.370 e. The number of benzene rings is 1. The lowest BCUT2D eigenvalue weighted by Gasteiger charge is -2.10. The molecule has 2 rings (SSSR count). The van der Waals surface area contributed by atoms with Crippen LogP contribution in [0.3, 0.4) is 0 Å². The molecule has 3 nitrogen and oxygen atoms in total. The summed E-state index contributed by atoms with van der Waals surface area (Å²) in [5, 5.41) is 1.05. The molecule has 0 aliphatic heterocycles. The second-order valence-electron chi connectivity index (χ2n) is 5.25. The number of nitrogens with two attached hydrogens (primary N) is 1. The van der Waals surface area contributed by atoms with Crippen LogP contribution in [0.1, 0.15) is 12.5 Å². The highest BCUT2D eigenvalue weighted by Gasteiger charge is 2.27. The zero-order chi connectivity index (χ0) is 15.5. The van der Waals surface area contributed by atoms with Crippen molar-refractivity contribution in [1.82, 2.24) is 4.57 Å². The van der Waals surface area contributed by atoms with E-state index in [1.807, 2.05) is 42.0 Å². The third kappa shape index (κ3) is 4.75. The lowest BCUT2D eigenvalue weighted by Crippen LogP contribution is -2.19. The standard InChI is InChI=1S/C15H19F3N2O/c1-11(19)8-12-2-3-13-4-5-20(14(13)9-12)6-7-21-10-15(16,17)18/h2-5,9,11H,6-8,10,19H2,1H3.